The van der Waals surface area contributed by atoms with Crippen molar-refractivity contribution in [1.29, 1.82) is 5.26 Å². The van der Waals surface area contributed by atoms with Gasteiger partial charge in [0, 0.05) is 0 Å². The van der Waals surface area contributed by atoms with E-state index >= 15 is 0 Å². The summed E-state index contributed by atoms with van der Waals surface area (Å²) in [6.07, 6.45) is 0.398. The topological polar surface area (TPSA) is 87.9 Å². The summed E-state index contributed by atoms with van der Waals surface area (Å²) in [6.45, 7) is 5.76. The van der Waals surface area contributed by atoms with Crippen LogP contribution in [0.25, 0.3) is 0 Å². The highest BCUT2D eigenvalue weighted by Crippen LogP contribution is 2.23. The predicted molar refractivity (Wildman–Crippen MR) is 107 cm³/mol. The van der Waals surface area contributed by atoms with Crippen LogP contribution in [0, 0.1) is 25.2 Å². The molecule has 6 heteroatoms. The molecule has 3 rings (SSSR count). The third kappa shape index (κ3) is 3.89. The maximum Gasteiger partial charge on any atom is 0.331 e. The summed E-state index contributed by atoms with van der Waals surface area (Å²) in [5.74, 6) is 0.724. The van der Waals surface area contributed by atoms with Gasteiger partial charge in [0.15, 0.2) is 0 Å². The van der Waals surface area contributed by atoms with E-state index in [0.29, 0.717) is 28.9 Å². The Kier molecular flexibility index (Phi) is 5.46. The average molecular weight is 375 g/mol. The second-order valence-corrected chi connectivity index (χ2v) is 6.68. The lowest BCUT2D eigenvalue weighted by molar-refractivity contribution is 0.444. The molecule has 0 bridgehead atoms. The number of nitrogens with zero attached hydrogens (tertiary/aromatic N) is 2. The van der Waals surface area contributed by atoms with Gasteiger partial charge in [0.2, 0.25) is 5.88 Å². The maximum absolute atomic E-state index is 12.9. The summed E-state index contributed by atoms with van der Waals surface area (Å²) < 4.78 is 6.95. The predicted octanol–water partition coefficient (Wildman–Crippen LogP) is 3.43. The first-order valence-electron chi connectivity index (χ1n) is 9.03. The molecule has 2 aromatic carbocycles. The Morgan fingerprint density at radius 2 is 1.79 bits per heavy atom. The highest BCUT2D eigenvalue weighted by molar-refractivity contribution is 5.39. The van der Waals surface area contributed by atoms with Crippen LogP contribution in [0.4, 0.5) is 0 Å². The van der Waals surface area contributed by atoms with Gasteiger partial charge in [-0.1, -0.05) is 31.2 Å². The van der Waals surface area contributed by atoms with Crippen LogP contribution < -0.4 is 16.0 Å². The number of hydrogen-bond acceptors (Lipinski definition) is 4. The average Bonchev–Trinajstić information content (AvgIpc) is 2.65. The van der Waals surface area contributed by atoms with Gasteiger partial charge in [-0.05, 0) is 55.2 Å². The minimum atomic E-state index is -0.575. The van der Waals surface area contributed by atoms with E-state index in [-0.39, 0.29) is 12.4 Å². The van der Waals surface area contributed by atoms with E-state index in [4.69, 9.17) is 4.74 Å². The zero-order valence-electron chi connectivity index (χ0n) is 16.1. The number of rotatable bonds is 5. The fraction of sp³-hybridized carbons (Fsp3) is 0.227. The standard InChI is InChI=1S/C22H21N3O3/c1-4-19-20(28-18-10-14(2)9-15(3)11-18)24-22(27)25(21(19)26)13-17-8-6-5-7-16(17)12-23/h5-11H,4,13H2,1-3H3,(H,24,27). The normalized spacial score (nSPS) is 10.5. The number of ether oxygens (including phenoxy) is 1. The Hall–Kier alpha value is -3.59. The second-order valence-electron chi connectivity index (χ2n) is 6.68. The van der Waals surface area contributed by atoms with Crippen LogP contribution in [0.15, 0.2) is 52.1 Å². The highest BCUT2D eigenvalue weighted by Gasteiger charge is 2.16. The molecule has 3 aromatic rings. The summed E-state index contributed by atoms with van der Waals surface area (Å²) in [4.78, 5) is 28.2. The van der Waals surface area contributed by atoms with Crippen LogP contribution in [0.5, 0.6) is 11.6 Å². The molecule has 28 heavy (non-hydrogen) atoms. The zero-order chi connectivity index (χ0) is 20.3. The first-order chi connectivity index (χ1) is 13.4. The van der Waals surface area contributed by atoms with E-state index in [1.54, 1.807) is 24.3 Å². The van der Waals surface area contributed by atoms with Crippen molar-refractivity contribution in [1.82, 2.24) is 9.55 Å². The molecule has 0 aliphatic rings. The number of aromatic amines is 1. The number of nitrogens with one attached hydrogen (secondary N) is 1. The monoisotopic (exact) mass is 375 g/mol. The van der Waals surface area contributed by atoms with Crippen molar-refractivity contribution in [2.45, 2.75) is 33.7 Å². The molecule has 1 N–H and O–H groups in total. The Labute approximate surface area is 162 Å². The lowest BCUT2D eigenvalue weighted by atomic mass is 10.1. The number of benzene rings is 2. The molecule has 0 atom stereocenters. The van der Waals surface area contributed by atoms with Gasteiger partial charge >= 0.3 is 5.69 Å². The molecule has 0 amide bonds. The number of nitriles is 1. The van der Waals surface area contributed by atoms with Gasteiger partial charge < -0.3 is 4.74 Å². The second kappa shape index (κ2) is 7.97. The molecule has 6 nitrogen and oxygen atoms in total. The molecule has 0 saturated heterocycles. The molecule has 0 spiro atoms. The van der Waals surface area contributed by atoms with Crippen LogP contribution in [0.1, 0.15) is 34.7 Å². The summed E-state index contributed by atoms with van der Waals surface area (Å²) in [7, 11) is 0. The van der Waals surface area contributed by atoms with E-state index in [0.717, 1.165) is 15.7 Å². The van der Waals surface area contributed by atoms with Crippen LogP contribution in [-0.2, 0) is 13.0 Å². The van der Waals surface area contributed by atoms with Crippen LogP contribution in [0.2, 0.25) is 0 Å². The molecule has 0 aliphatic heterocycles. The summed E-state index contributed by atoms with van der Waals surface area (Å²) >= 11 is 0. The van der Waals surface area contributed by atoms with E-state index in [9.17, 15) is 14.9 Å². The van der Waals surface area contributed by atoms with Crippen molar-refractivity contribution in [3.63, 3.8) is 0 Å². The molecule has 142 valence electrons. The lowest BCUT2D eigenvalue weighted by Crippen LogP contribution is -2.37. The zero-order valence-corrected chi connectivity index (χ0v) is 16.1. The minimum absolute atomic E-state index is 0.0226. The van der Waals surface area contributed by atoms with E-state index in [2.05, 4.69) is 11.1 Å². The van der Waals surface area contributed by atoms with E-state index < -0.39 is 11.2 Å². The molecule has 1 heterocycles. The van der Waals surface area contributed by atoms with E-state index in [1.807, 2.05) is 39.0 Å². The molecular formula is C22H21N3O3. The van der Waals surface area contributed by atoms with Crippen LogP contribution in [-0.4, -0.2) is 9.55 Å². The van der Waals surface area contributed by atoms with Crippen molar-refractivity contribution < 1.29 is 4.74 Å². The third-order valence-electron chi connectivity index (χ3n) is 4.48. The summed E-state index contributed by atoms with van der Waals surface area (Å²) in [5.41, 5.74) is 2.49. The molecule has 0 aliphatic carbocycles. The van der Waals surface area contributed by atoms with Gasteiger partial charge in [0.05, 0.1) is 23.7 Å². The van der Waals surface area contributed by atoms with Crippen molar-refractivity contribution in [2.24, 2.45) is 0 Å². The molecular weight excluding hydrogens is 354 g/mol. The first-order valence-corrected chi connectivity index (χ1v) is 9.03. The molecule has 0 unspecified atom stereocenters. The molecule has 0 fully saturated rings. The van der Waals surface area contributed by atoms with Crippen molar-refractivity contribution in [2.75, 3.05) is 0 Å². The Balaban J connectivity index is 2.05. The fourth-order valence-corrected chi connectivity index (χ4v) is 3.18. The number of aromatic nitrogens is 2. The Morgan fingerprint density at radius 1 is 1.11 bits per heavy atom. The van der Waals surface area contributed by atoms with Crippen molar-refractivity contribution in [3.8, 4) is 17.7 Å². The molecule has 0 radical (unpaired) electrons. The Morgan fingerprint density at radius 3 is 2.43 bits per heavy atom. The lowest BCUT2D eigenvalue weighted by Gasteiger charge is -2.13. The molecule has 0 saturated carbocycles. The molecule has 1 aromatic heterocycles. The van der Waals surface area contributed by atoms with Gasteiger partial charge in [0.25, 0.3) is 5.56 Å². The number of aryl methyl sites for hydroxylation is 2. The van der Waals surface area contributed by atoms with Crippen molar-refractivity contribution in [3.05, 3.63) is 91.1 Å². The summed E-state index contributed by atoms with van der Waals surface area (Å²) in [5, 5.41) is 9.25. The smallest absolute Gasteiger partial charge is 0.331 e. The maximum atomic E-state index is 12.9. The SMILES string of the molecule is CCc1c(Oc2cc(C)cc(C)c2)[nH]c(=O)n(Cc2ccccc2C#N)c1=O. The third-order valence-corrected chi connectivity index (χ3v) is 4.48. The quantitative estimate of drug-likeness (QED) is 0.740. The summed E-state index contributed by atoms with van der Waals surface area (Å²) in [6, 6.07) is 14.7. The first kappa shape index (κ1) is 19.2. The van der Waals surface area contributed by atoms with Gasteiger partial charge in [-0.25, -0.2) is 4.79 Å². The van der Waals surface area contributed by atoms with Gasteiger partial charge in [-0.2, -0.15) is 5.26 Å². The largest absolute Gasteiger partial charge is 0.440 e. The van der Waals surface area contributed by atoms with Crippen LogP contribution in [0.3, 0.4) is 0 Å². The fourth-order valence-electron chi connectivity index (χ4n) is 3.18. The number of hydrogen-bond donors (Lipinski definition) is 1. The van der Waals surface area contributed by atoms with Gasteiger partial charge in [-0.3, -0.25) is 14.3 Å². The minimum Gasteiger partial charge on any atom is -0.440 e. The Bertz CT molecular complexity index is 1160. The number of H-pyrrole nitrogens is 1. The van der Waals surface area contributed by atoms with Crippen molar-refractivity contribution >= 4 is 0 Å². The highest BCUT2D eigenvalue weighted by atomic mass is 16.5. The van der Waals surface area contributed by atoms with Gasteiger partial charge in [0.1, 0.15) is 5.75 Å². The van der Waals surface area contributed by atoms with Gasteiger partial charge in [-0.15, -0.1) is 0 Å². The van der Waals surface area contributed by atoms with E-state index in [1.165, 1.54) is 0 Å². The van der Waals surface area contributed by atoms with Crippen LogP contribution >= 0.6 is 0 Å².